The summed E-state index contributed by atoms with van der Waals surface area (Å²) in [7, 11) is 0. The molecule has 0 aromatic heterocycles. The molecule has 30 heavy (non-hydrogen) atoms. The van der Waals surface area contributed by atoms with Crippen LogP contribution in [0, 0.1) is 5.92 Å². The van der Waals surface area contributed by atoms with Gasteiger partial charge in [-0.25, -0.2) is 0 Å². The Morgan fingerprint density at radius 3 is 2.60 bits per heavy atom. The molecule has 1 heterocycles. The molecule has 1 aliphatic heterocycles. The van der Waals surface area contributed by atoms with Gasteiger partial charge in [-0.3, -0.25) is 14.4 Å². The summed E-state index contributed by atoms with van der Waals surface area (Å²) in [5.74, 6) is -1.81. The maximum atomic E-state index is 13.6. The number of carbonyl (C=O) groups excluding carboxylic acids is 3. The van der Waals surface area contributed by atoms with Crippen molar-refractivity contribution in [3.63, 3.8) is 0 Å². The van der Waals surface area contributed by atoms with Crippen molar-refractivity contribution in [1.29, 1.82) is 0 Å². The summed E-state index contributed by atoms with van der Waals surface area (Å²) < 4.78 is 45.9. The average molecular weight is 428 g/mol. The van der Waals surface area contributed by atoms with Crippen molar-refractivity contribution >= 4 is 29.1 Å². The monoisotopic (exact) mass is 428 g/mol. The molecule has 3 rings (SSSR count). The molecule has 3 amide bonds. The van der Waals surface area contributed by atoms with E-state index < -0.39 is 35.3 Å². The van der Waals surface area contributed by atoms with Crippen molar-refractivity contribution in [3.05, 3.63) is 23.8 Å². The fourth-order valence-corrected chi connectivity index (χ4v) is 3.25. The lowest BCUT2D eigenvalue weighted by molar-refractivity contribution is -0.137. The first-order valence-electron chi connectivity index (χ1n) is 9.61. The number of halogens is 3. The van der Waals surface area contributed by atoms with Gasteiger partial charge in [0.15, 0.2) is 0 Å². The van der Waals surface area contributed by atoms with E-state index in [2.05, 4.69) is 10.6 Å². The van der Waals surface area contributed by atoms with Crippen molar-refractivity contribution in [2.75, 3.05) is 36.5 Å². The Bertz CT molecular complexity index is 826. The van der Waals surface area contributed by atoms with Crippen molar-refractivity contribution in [1.82, 2.24) is 5.32 Å². The minimum Gasteiger partial charge on any atom is -0.370 e. The van der Waals surface area contributed by atoms with E-state index in [0.717, 1.165) is 18.6 Å². The number of nitrogens with zero attached hydrogens (tertiary/aromatic N) is 1. The van der Waals surface area contributed by atoms with Crippen LogP contribution in [0.15, 0.2) is 18.2 Å². The number of amides is 3. The Labute approximate surface area is 170 Å². The van der Waals surface area contributed by atoms with Crippen molar-refractivity contribution in [2.45, 2.75) is 31.5 Å². The highest BCUT2D eigenvalue weighted by atomic mass is 19.4. The molecule has 1 atom stereocenters. The van der Waals surface area contributed by atoms with Crippen LogP contribution in [0.5, 0.6) is 0 Å². The minimum absolute atomic E-state index is 0.0577. The van der Waals surface area contributed by atoms with E-state index in [1.807, 2.05) is 0 Å². The topological polar surface area (TPSA) is 114 Å². The molecule has 164 valence electrons. The molecule has 0 unspecified atom stereocenters. The van der Waals surface area contributed by atoms with Gasteiger partial charge >= 0.3 is 6.18 Å². The predicted molar refractivity (Wildman–Crippen MR) is 102 cm³/mol. The standard InChI is InChI=1S/C19H23F3N4O4/c20-19(21,22)13-8-12(26-6-7-30-10-16(26)27)4-5-14(13)24-18(29)15(9-23)25-17(28)11-2-1-3-11/h4-5,8,11,15H,1-3,6-7,9-10,23H2,(H,24,29)(H,25,28)/t15-/m1/s1. The first kappa shape index (κ1) is 22.0. The molecule has 0 bridgehead atoms. The zero-order chi connectivity index (χ0) is 21.9. The van der Waals surface area contributed by atoms with Gasteiger partial charge < -0.3 is 26.0 Å². The fourth-order valence-electron chi connectivity index (χ4n) is 3.25. The summed E-state index contributed by atoms with van der Waals surface area (Å²) in [5, 5.41) is 4.70. The zero-order valence-corrected chi connectivity index (χ0v) is 16.1. The normalized spacial score (nSPS) is 18.5. The van der Waals surface area contributed by atoms with Gasteiger partial charge in [-0.1, -0.05) is 6.42 Å². The van der Waals surface area contributed by atoms with Crippen LogP contribution in [0.4, 0.5) is 24.5 Å². The Morgan fingerprint density at radius 1 is 1.30 bits per heavy atom. The largest absolute Gasteiger partial charge is 0.418 e. The van der Waals surface area contributed by atoms with E-state index in [9.17, 15) is 27.6 Å². The SMILES string of the molecule is NC[C@@H](NC(=O)C1CCC1)C(=O)Nc1ccc(N2CCOCC2=O)cc1C(F)(F)F. The lowest BCUT2D eigenvalue weighted by Crippen LogP contribution is -2.51. The maximum Gasteiger partial charge on any atom is 0.418 e. The molecule has 1 saturated carbocycles. The van der Waals surface area contributed by atoms with E-state index in [4.69, 9.17) is 10.5 Å². The highest BCUT2D eigenvalue weighted by Gasteiger charge is 2.36. The van der Waals surface area contributed by atoms with Crippen LogP contribution in [0.1, 0.15) is 24.8 Å². The molecule has 1 aromatic carbocycles. The van der Waals surface area contributed by atoms with E-state index in [1.54, 1.807) is 0 Å². The van der Waals surface area contributed by atoms with Crippen LogP contribution in [-0.2, 0) is 25.3 Å². The number of alkyl halides is 3. The summed E-state index contributed by atoms with van der Waals surface area (Å²) >= 11 is 0. The third-order valence-electron chi connectivity index (χ3n) is 5.21. The number of hydrogen-bond acceptors (Lipinski definition) is 5. The molecule has 8 nitrogen and oxygen atoms in total. The number of hydrogen-bond donors (Lipinski definition) is 3. The number of nitrogens with one attached hydrogen (secondary N) is 2. The van der Waals surface area contributed by atoms with Gasteiger partial charge in [-0.05, 0) is 31.0 Å². The average Bonchev–Trinajstić information content (AvgIpc) is 2.64. The molecule has 11 heteroatoms. The first-order chi connectivity index (χ1) is 14.2. The van der Waals surface area contributed by atoms with Gasteiger partial charge in [-0.15, -0.1) is 0 Å². The molecular weight excluding hydrogens is 405 g/mol. The number of carbonyl (C=O) groups is 3. The lowest BCUT2D eigenvalue weighted by Gasteiger charge is -2.28. The second-order valence-electron chi connectivity index (χ2n) is 7.24. The molecular formula is C19H23F3N4O4. The van der Waals surface area contributed by atoms with E-state index in [0.29, 0.717) is 12.8 Å². The molecule has 0 radical (unpaired) electrons. The Morgan fingerprint density at radius 2 is 2.03 bits per heavy atom. The Kier molecular flexibility index (Phi) is 6.61. The van der Waals surface area contributed by atoms with Crippen LogP contribution in [0.3, 0.4) is 0 Å². The molecule has 4 N–H and O–H groups in total. The second-order valence-corrected chi connectivity index (χ2v) is 7.24. The van der Waals surface area contributed by atoms with Crippen LogP contribution in [-0.4, -0.2) is 50.1 Å². The summed E-state index contributed by atoms with van der Waals surface area (Å²) in [6.45, 7) is -0.126. The van der Waals surface area contributed by atoms with Crippen LogP contribution >= 0.6 is 0 Å². The number of anilines is 2. The third kappa shape index (κ3) is 4.90. The van der Waals surface area contributed by atoms with Crippen LogP contribution < -0.4 is 21.3 Å². The van der Waals surface area contributed by atoms with Gasteiger partial charge in [0.25, 0.3) is 5.91 Å². The van der Waals surface area contributed by atoms with Gasteiger partial charge in [-0.2, -0.15) is 13.2 Å². The fraction of sp³-hybridized carbons (Fsp3) is 0.526. The van der Waals surface area contributed by atoms with Crippen LogP contribution in [0.25, 0.3) is 0 Å². The van der Waals surface area contributed by atoms with E-state index in [1.165, 1.54) is 11.0 Å². The highest BCUT2D eigenvalue weighted by molar-refractivity contribution is 5.99. The molecule has 2 fully saturated rings. The van der Waals surface area contributed by atoms with Crippen molar-refractivity contribution < 1.29 is 32.3 Å². The number of ether oxygens (including phenoxy) is 1. The smallest absolute Gasteiger partial charge is 0.370 e. The molecule has 1 aliphatic carbocycles. The highest BCUT2D eigenvalue weighted by Crippen LogP contribution is 2.37. The Balaban J connectivity index is 1.78. The molecule has 2 aliphatic rings. The second kappa shape index (κ2) is 9.00. The maximum absolute atomic E-state index is 13.6. The molecule has 1 aromatic rings. The van der Waals surface area contributed by atoms with Gasteiger partial charge in [0.1, 0.15) is 12.6 Å². The lowest BCUT2D eigenvalue weighted by atomic mass is 9.84. The van der Waals surface area contributed by atoms with Crippen molar-refractivity contribution in [2.24, 2.45) is 11.7 Å². The molecule has 1 saturated heterocycles. The predicted octanol–water partition coefficient (Wildman–Crippen LogP) is 1.25. The zero-order valence-electron chi connectivity index (χ0n) is 16.1. The summed E-state index contributed by atoms with van der Waals surface area (Å²) in [5.41, 5.74) is 4.02. The van der Waals surface area contributed by atoms with E-state index >= 15 is 0 Å². The number of nitrogens with two attached hydrogens (primary N) is 1. The number of rotatable bonds is 6. The number of benzene rings is 1. The third-order valence-corrected chi connectivity index (χ3v) is 5.21. The van der Waals surface area contributed by atoms with Gasteiger partial charge in [0, 0.05) is 24.7 Å². The van der Waals surface area contributed by atoms with Gasteiger partial charge in [0.2, 0.25) is 11.8 Å². The van der Waals surface area contributed by atoms with Crippen molar-refractivity contribution in [3.8, 4) is 0 Å². The first-order valence-corrected chi connectivity index (χ1v) is 9.61. The van der Waals surface area contributed by atoms with Gasteiger partial charge in [0.05, 0.1) is 17.9 Å². The summed E-state index contributed by atoms with van der Waals surface area (Å²) in [6.07, 6.45) is -2.43. The number of morpholine rings is 1. The molecule has 0 spiro atoms. The Hall–Kier alpha value is -2.66. The quantitative estimate of drug-likeness (QED) is 0.631. The minimum atomic E-state index is -4.78. The van der Waals surface area contributed by atoms with E-state index in [-0.39, 0.29) is 43.8 Å². The van der Waals surface area contributed by atoms with Crippen LogP contribution in [0.2, 0.25) is 0 Å². The summed E-state index contributed by atoms with van der Waals surface area (Å²) in [4.78, 5) is 37.7. The summed E-state index contributed by atoms with van der Waals surface area (Å²) in [6, 6.07) is 2.06.